The highest BCUT2D eigenvalue weighted by molar-refractivity contribution is 7.89. The van der Waals surface area contributed by atoms with E-state index in [4.69, 9.17) is 4.74 Å². The van der Waals surface area contributed by atoms with Crippen molar-refractivity contribution in [3.8, 4) is 0 Å². The molecule has 1 aliphatic rings. The predicted molar refractivity (Wildman–Crippen MR) is 69.8 cm³/mol. The summed E-state index contributed by atoms with van der Waals surface area (Å²) in [5.41, 5.74) is 0. The number of rotatable bonds is 5. The molecule has 2 rings (SSSR count). The van der Waals surface area contributed by atoms with Crippen molar-refractivity contribution < 1.29 is 13.2 Å². The molecule has 1 aromatic rings. The molecule has 2 N–H and O–H groups in total. The van der Waals surface area contributed by atoms with Gasteiger partial charge in [-0.3, -0.25) is 0 Å². The van der Waals surface area contributed by atoms with Gasteiger partial charge in [0.25, 0.3) is 10.0 Å². The van der Waals surface area contributed by atoms with Crippen LogP contribution in [0.4, 0.5) is 0 Å². The van der Waals surface area contributed by atoms with Gasteiger partial charge in [-0.15, -0.1) is 16.2 Å². The van der Waals surface area contributed by atoms with E-state index in [0.29, 0.717) is 37.7 Å². The van der Waals surface area contributed by atoms with Crippen molar-refractivity contribution in [2.24, 2.45) is 0 Å². The lowest BCUT2D eigenvalue weighted by molar-refractivity contribution is 0.0272. The van der Waals surface area contributed by atoms with E-state index < -0.39 is 10.0 Å². The lowest BCUT2D eigenvalue weighted by atomic mass is 10.5. The molecule has 0 aliphatic carbocycles. The van der Waals surface area contributed by atoms with Gasteiger partial charge >= 0.3 is 0 Å². The lowest BCUT2D eigenvalue weighted by Gasteiger charge is -2.26. The average Bonchev–Trinajstić information content (AvgIpc) is 2.79. The first-order valence-corrected chi connectivity index (χ1v) is 8.06. The number of ether oxygens (including phenoxy) is 1. The summed E-state index contributed by atoms with van der Waals surface area (Å²) in [7, 11) is -1.68. The van der Waals surface area contributed by atoms with Crippen LogP contribution in [-0.2, 0) is 21.3 Å². The second-order valence-electron chi connectivity index (χ2n) is 3.93. The van der Waals surface area contributed by atoms with E-state index in [9.17, 15) is 8.42 Å². The summed E-state index contributed by atoms with van der Waals surface area (Å²) < 4.78 is 29.7. The summed E-state index contributed by atoms with van der Waals surface area (Å²) >= 11 is 1.44. The highest BCUT2D eigenvalue weighted by Gasteiger charge is 2.23. The number of thiophene rings is 1. The molecule has 1 aromatic heterocycles. The molecule has 8 heteroatoms. The highest BCUT2D eigenvalue weighted by Crippen LogP contribution is 2.21. The third-order valence-electron chi connectivity index (χ3n) is 2.59. The second kappa shape index (κ2) is 6.09. The number of hydrogen-bond acceptors (Lipinski definition) is 6. The van der Waals surface area contributed by atoms with Gasteiger partial charge < -0.3 is 10.1 Å². The molecular formula is C10H17N3O3S2. The van der Waals surface area contributed by atoms with Crippen LogP contribution in [0, 0.1) is 0 Å². The molecule has 1 aliphatic heterocycles. The van der Waals surface area contributed by atoms with Crippen LogP contribution in [0.3, 0.4) is 0 Å². The van der Waals surface area contributed by atoms with Crippen LogP contribution < -0.4 is 10.1 Å². The SMILES string of the molecule is CNCc1sccc1S(=O)(=O)NN1CCOCC1. The molecule has 0 unspecified atom stereocenters. The Balaban J connectivity index is 2.11. The first-order valence-electron chi connectivity index (χ1n) is 5.69. The monoisotopic (exact) mass is 291 g/mol. The van der Waals surface area contributed by atoms with Crippen molar-refractivity contribution in [3.63, 3.8) is 0 Å². The smallest absolute Gasteiger partial charge is 0.254 e. The predicted octanol–water partition coefficient (Wildman–Crippen LogP) is -0.00700. The number of morpholine rings is 1. The van der Waals surface area contributed by atoms with E-state index in [1.54, 1.807) is 23.5 Å². The minimum atomic E-state index is -3.48. The highest BCUT2D eigenvalue weighted by atomic mass is 32.2. The average molecular weight is 291 g/mol. The van der Waals surface area contributed by atoms with Gasteiger partial charge in [-0.05, 0) is 18.5 Å². The lowest BCUT2D eigenvalue weighted by Crippen LogP contribution is -2.48. The van der Waals surface area contributed by atoms with Crippen molar-refractivity contribution in [2.45, 2.75) is 11.4 Å². The molecule has 0 saturated carbocycles. The number of hydrogen-bond donors (Lipinski definition) is 2. The van der Waals surface area contributed by atoms with Crippen molar-refractivity contribution in [2.75, 3.05) is 33.4 Å². The number of nitrogens with one attached hydrogen (secondary N) is 2. The molecule has 0 spiro atoms. The van der Waals surface area contributed by atoms with Gasteiger partial charge in [0.05, 0.1) is 18.1 Å². The Morgan fingerprint density at radius 1 is 1.44 bits per heavy atom. The molecule has 0 aromatic carbocycles. The normalized spacial score (nSPS) is 18.1. The summed E-state index contributed by atoms with van der Waals surface area (Å²) in [5, 5.41) is 6.44. The summed E-state index contributed by atoms with van der Waals surface area (Å²) in [6.07, 6.45) is 0. The van der Waals surface area contributed by atoms with Crippen molar-refractivity contribution in [1.29, 1.82) is 0 Å². The number of hydrazine groups is 1. The number of nitrogens with zero attached hydrogens (tertiary/aromatic N) is 1. The van der Waals surface area contributed by atoms with E-state index in [2.05, 4.69) is 10.1 Å². The molecule has 6 nitrogen and oxygen atoms in total. The third kappa shape index (κ3) is 3.28. The molecule has 102 valence electrons. The van der Waals surface area contributed by atoms with Crippen LogP contribution in [0.2, 0.25) is 0 Å². The molecule has 0 bridgehead atoms. The van der Waals surface area contributed by atoms with Crippen molar-refractivity contribution in [3.05, 3.63) is 16.3 Å². The summed E-state index contributed by atoms with van der Waals surface area (Å²) in [6.45, 7) is 2.80. The topological polar surface area (TPSA) is 70.7 Å². The quantitative estimate of drug-likeness (QED) is 0.799. The van der Waals surface area contributed by atoms with Crippen molar-refractivity contribution in [1.82, 2.24) is 15.2 Å². The van der Waals surface area contributed by atoms with Gasteiger partial charge in [-0.1, -0.05) is 0 Å². The summed E-state index contributed by atoms with van der Waals surface area (Å²) in [5.74, 6) is 0. The van der Waals surface area contributed by atoms with Crippen LogP contribution in [0.5, 0.6) is 0 Å². The van der Waals surface area contributed by atoms with E-state index in [0.717, 1.165) is 4.88 Å². The fourth-order valence-corrected chi connectivity index (χ4v) is 4.31. The Labute approximate surface area is 111 Å². The standard InChI is InChI=1S/C10H17N3O3S2/c1-11-8-9-10(2-7-17-9)18(14,15)12-13-3-5-16-6-4-13/h2,7,11-12H,3-6,8H2,1H3. The summed E-state index contributed by atoms with van der Waals surface area (Å²) in [6, 6.07) is 1.64. The zero-order valence-electron chi connectivity index (χ0n) is 10.2. The molecule has 18 heavy (non-hydrogen) atoms. The van der Waals surface area contributed by atoms with E-state index in [1.807, 2.05) is 0 Å². The Bertz CT molecular complexity index is 480. The molecule has 2 heterocycles. The molecule has 0 amide bonds. The Morgan fingerprint density at radius 3 is 2.83 bits per heavy atom. The fraction of sp³-hybridized carbons (Fsp3) is 0.600. The summed E-state index contributed by atoms with van der Waals surface area (Å²) in [4.78, 5) is 3.77. The zero-order chi connectivity index (χ0) is 13.0. The first-order chi connectivity index (χ1) is 8.63. The van der Waals surface area contributed by atoms with E-state index in [1.165, 1.54) is 11.3 Å². The number of sulfonamides is 1. The minimum Gasteiger partial charge on any atom is -0.379 e. The second-order valence-corrected chi connectivity index (χ2v) is 6.56. The van der Waals surface area contributed by atoms with Gasteiger partial charge in [0.15, 0.2) is 0 Å². The van der Waals surface area contributed by atoms with E-state index in [-0.39, 0.29) is 0 Å². The molecule has 0 atom stereocenters. The first kappa shape index (κ1) is 13.9. The zero-order valence-corrected chi connectivity index (χ0v) is 11.8. The molecule has 0 radical (unpaired) electrons. The van der Waals surface area contributed by atoms with Crippen molar-refractivity contribution >= 4 is 21.4 Å². The molecular weight excluding hydrogens is 274 g/mol. The van der Waals surface area contributed by atoms with Gasteiger partial charge in [0.1, 0.15) is 0 Å². The third-order valence-corrected chi connectivity index (χ3v) is 5.10. The molecule has 1 saturated heterocycles. The minimum absolute atomic E-state index is 0.355. The van der Waals surface area contributed by atoms with Gasteiger partial charge in [0.2, 0.25) is 0 Å². The van der Waals surface area contributed by atoms with Gasteiger partial charge in [-0.2, -0.15) is 0 Å². The van der Waals surface area contributed by atoms with Crippen LogP contribution in [0.25, 0.3) is 0 Å². The van der Waals surface area contributed by atoms with Gasteiger partial charge in [-0.25, -0.2) is 13.4 Å². The Hall–Kier alpha value is -0.510. The van der Waals surface area contributed by atoms with Gasteiger partial charge in [0, 0.05) is 24.5 Å². The van der Waals surface area contributed by atoms with Crippen LogP contribution in [0.1, 0.15) is 4.88 Å². The van der Waals surface area contributed by atoms with Crippen LogP contribution in [-0.4, -0.2) is 46.8 Å². The largest absolute Gasteiger partial charge is 0.379 e. The maximum Gasteiger partial charge on any atom is 0.254 e. The van der Waals surface area contributed by atoms with Crippen LogP contribution >= 0.6 is 11.3 Å². The maximum atomic E-state index is 12.2. The fourth-order valence-electron chi connectivity index (χ4n) is 1.73. The van der Waals surface area contributed by atoms with E-state index >= 15 is 0 Å². The Kier molecular flexibility index (Phi) is 4.71. The molecule has 1 fully saturated rings. The Morgan fingerprint density at radius 2 is 2.17 bits per heavy atom. The maximum absolute atomic E-state index is 12.2. The van der Waals surface area contributed by atoms with Crippen LogP contribution in [0.15, 0.2) is 16.3 Å².